The predicted octanol–water partition coefficient (Wildman–Crippen LogP) is 4.04. The average molecular weight is 446 g/mol. The van der Waals surface area contributed by atoms with Gasteiger partial charge in [0, 0.05) is 5.69 Å². The Bertz CT molecular complexity index is 1300. The van der Waals surface area contributed by atoms with Gasteiger partial charge in [0.25, 0.3) is 17.7 Å². The molecule has 0 bridgehead atoms. The van der Waals surface area contributed by atoms with Gasteiger partial charge < -0.3 is 10.1 Å². The largest absolute Gasteiger partial charge is 0.452 e. The molecule has 0 spiro atoms. The Kier molecular flexibility index (Phi) is 5.74. The second-order valence-corrected chi connectivity index (χ2v) is 7.63. The first-order valence-corrected chi connectivity index (χ1v) is 10.1. The highest BCUT2D eigenvalue weighted by molar-refractivity contribution is 6.35. The van der Waals surface area contributed by atoms with Crippen molar-refractivity contribution < 1.29 is 28.3 Å². The highest BCUT2D eigenvalue weighted by Crippen LogP contribution is 2.31. The molecule has 3 aromatic carbocycles. The van der Waals surface area contributed by atoms with E-state index in [1.807, 2.05) is 19.1 Å². The van der Waals surface area contributed by atoms with Crippen LogP contribution in [-0.4, -0.2) is 30.3 Å². The van der Waals surface area contributed by atoms with E-state index in [4.69, 9.17) is 4.74 Å². The summed E-state index contributed by atoms with van der Waals surface area (Å²) in [5.74, 6) is -2.88. The van der Waals surface area contributed by atoms with Crippen molar-refractivity contribution in [2.75, 3.05) is 16.8 Å². The van der Waals surface area contributed by atoms with Gasteiger partial charge in [0.05, 0.1) is 22.4 Å². The SMILES string of the molecule is Cc1ccc(C)c(N2C(=O)c3ccc(C(=O)OCC(=O)Nc4ccc(F)cc4)cc3C2=O)c1. The van der Waals surface area contributed by atoms with Gasteiger partial charge in [-0.1, -0.05) is 12.1 Å². The van der Waals surface area contributed by atoms with Crippen LogP contribution in [0.4, 0.5) is 15.8 Å². The van der Waals surface area contributed by atoms with E-state index in [1.54, 1.807) is 13.0 Å². The normalized spacial score (nSPS) is 12.5. The van der Waals surface area contributed by atoms with Crippen LogP contribution in [0.2, 0.25) is 0 Å². The molecule has 3 amide bonds. The van der Waals surface area contributed by atoms with Crippen LogP contribution < -0.4 is 10.2 Å². The fourth-order valence-corrected chi connectivity index (χ4v) is 3.49. The third-order valence-corrected chi connectivity index (χ3v) is 5.19. The first-order valence-electron chi connectivity index (χ1n) is 10.1. The maximum Gasteiger partial charge on any atom is 0.338 e. The molecule has 0 radical (unpaired) electrons. The molecule has 0 saturated heterocycles. The summed E-state index contributed by atoms with van der Waals surface area (Å²) in [6, 6.07) is 14.7. The highest BCUT2D eigenvalue weighted by Gasteiger charge is 2.38. The summed E-state index contributed by atoms with van der Waals surface area (Å²) in [6.07, 6.45) is 0. The van der Waals surface area contributed by atoms with E-state index in [0.717, 1.165) is 16.0 Å². The van der Waals surface area contributed by atoms with Gasteiger partial charge in [-0.25, -0.2) is 14.1 Å². The molecule has 7 nitrogen and oxygen atoms in total. The molecule has 1 heterocycles. The van der Waals surface area contributed by atoms with Gasteiger partial charge in [-0.05, 0) is 73.5 Å². The lowest BCUT2D eigenvalue weighted by Gasteiger charge is -2.17. The van der Waals surface area contributed by atoms with Crippen LogP contribution in [0.15, 0.2) is 60.7 Å². The van der Waals surface area contributed by atoms with Crippen molar-refractivity contribution in [3.63, 3.8) is 0 Å². The number of imide groups is 1. The lowest BCUT2D eigenvalue weighted by molar-refractivity contribution is -0.119. The minimum Gasteiger partial charge on any atom is -0.452 e. The number of halogens is 1. The topological polar surface area (TPSA) is 92.8 Å². The van der Waals surface area contributed by atoms with Crippen molar-refractivity contribution in [2.45, 2.75) is 13.8 Å². The second kappa shape index (κ2) is 8.66. The molecule has 0 aromatic heterocycles. The number of hydrogen-bond donors (Lipinski definition) is 1. The van der Waals surface area contributed by atoms with Crippen molar-refractivity contribution in [2.24, 2.45) is 0 Å². The first-order chi connectivity index (χ1) is 15.7. The van der Waals surface area contributed by atoms with Gasteiger partial charge in [-0.2, -0.15) is 0 Å². The maximum atomic E-state index is 13.0. The zero-order valence-electron chi connectivity index (χ0n) is 17.8. The molecule has 0 atom stereocenters. The summed E-state index contributed by atoms with van der Waals surface area (Å²) in [6.45, 7) is 3.09. The number of esters is 1. The molecule has 166 valence electrons. The average Bonchev–Trinajstić information content (AvgIpc) is 3.05. The summed E-state index contributed by atoms with van der Waals surface area (Å²) in [5.41, 5.74) is 2.82. The van der Waals surface area contributed by atoms with Gasteiger partial charge in [-0.15, -0.1) is 0 Å². The van der Waals surface area contributed by atoms with Gasteiger partial charge in [0.1, 0.15) is 5.82 Å². The molecule has 4 rings (SSSR count). The third kappa shape index (κ3) is 4.36. The zero-order chi connectivity index (χ0) is 23.7. The molecular formula is C25H19FN2O5. The Morgan fingerprint density at radius 1 is 0.909 bits per heavy atom. The van der Waals surface area contributed by atoms with Crippen LogP contribution in [0.5, 0.6) is 0 Å². The molecule has 8 heteroatoms. The molecule has 1 aliphatic rings. The van der Waals surface area contributed by atoms with Crippen LogP contribution >= 0.6 is 0 Å². The molecular weight excluding hydrogens is 427 g/mol. The van der Waals surface area contributed by atoms with Crippen molar-refractivity contribution >= 4 is 35.1 Å². The molecule has 3 aromatic rings. The maximum absolute atomic E-state index is 13.0. The van der Waals surface area contributed by atoms with Crippen LogP contribution in [0, 0.1) is 19.7 Å². The highest BCUT2D eigenvalue weighted by atomic mass is 19.1. The molecule has 33 heavy (non-hydrogen) atoms. The number of carbonyl (C=O) groups excluding carboxylic acids is 4. The number of ether oxygens (including phenoxy) is 1. The molecule has 1 aliphatic heterocycles. The van der Waals surface area contributed by atoms with E-state index in [2.05, 4.69) is 5.32 Å². The summed E-state index contributed by atoms with van der Waals surface area (Å²) in [4.78, 5) is 51.4. The Morgan fingerprint density at radius 2 is 1.61 bits per heavy atom. The minimum absolute atomic E-state index is 0.0345. The van der Waals surface area contributed by atoms with E-state index >= 15 is 0 Å². The summed E-state index contributed by atoms with van der Waals surface area (Å²) in [5, 5.41) is 2.48. The van der Waals surface area contributed by atoms with Crippen LogP contribution in [0.3, 0.4) is 0 Å². The number of hydrogen-bond acceptors (Lipinski definition) is 5. The zero-order valence-corrected chi connectivity index (χ0v) is 17.8. The Labute approximate surface area is 188 Å². The standard InChI is InChI=1S/C25H19FN2O5/c1-14-3-4-15(2)21(11-14)28-23(30)19-10-5-16(12-20(19)24(28)31)25(32)33-13-22(29)27-18-8-6-17(26)7-9-18/h3-12H,13H2,1-2H3,(H,27,29). The number of benzene rings is 3. The van der Waals surface area contributed by atoms with E-state index in [0.29, 0.717) is 11.4 Å². The van der Waals surface area contributed by atoms with Crippen molar-refractivity contribution in [1.82, 2.24) is 0 Å². The minimum atomic E-state index is -0.822. The van der Waals surface area contributed by atoms with E-state index < -0.39 is 36.1 Å². The number of nitrogens with zero attached hydrogens (tertiary/aromatic N) is 1. The van der Waals surface area contributed by atoms with Crippen molar-refractivity contribution in [3.8, 4) is 0 Å². The van der Waals surface area contributed by atoms with Gasteiger partial charge >= 0.3 is 5.97 Å². The van der Waals surface area contributed by atoms with E-state index in [-0.39, 0.29) is 16.7 Å². The fourth-order valence-electron chi connectivity index (χ4n) is 3.49. The van der Waals surface area contributed by atoms with E-state index in [1.165, 1.54) is 42.5 Å². The van der Waals surface area contributed by atoms with Gasteiger partial charge in [0.15, 0.2) is 6.61 Å². The van der Waals surface area contributed by atoms with Gasteiger partial charge in [0.2, 0.25) is 0 Å². The van der Waals surface area contributed by atoms with Gasteiger partial charge in [-0.3, -0.25) is 14.4 Å². The molecule has 0 unspecified atom stereocenters. The first kappa shape index (κ1) is 21.9. The lowest BCUT2D eigenvalue weighted by atomic mass is 10.1. The number of carbonyl (C=O) groups is 4. The van der Waals surface area contributed by atoms with E-state index in [9.17, 15) is 23.6 Å². The number of amides is 3. The molecule has 0 aliphatic carbocycles. The van der Waals surface area contributed by atoms with Crippen LogP contribution in [-0.2, 0) is 9.53 Å². The Balaban J connectivity index is 1.47. The van der Waals surface area contributed by atoms with Crippen LogP contribution in [0.1, 0.15) is 42.2 Å². The monoisotopic (exact) mass is 446 g/mol. The van der Waals surface area contributed by atoms with Crippen molar-refractivity contribution in [3.05, 3.63) is 94.3 Å². The number of anilines is 2. The Morgan fingerprint density at radius 3 is 2.33 bits per heavy atom. The quantitative estimate of drug-likeness (QED) is 0.472. The number of aryl methyl sites for hydroxylation is 2. The van der Waals surface area contributed by atoms with Crippen molar-refractivity contribution in [1.29, 1.82) is 0 Å². The second-order valence-electron chi connectivity index (χ2n) is 7.63. The molecule has 0 fully saturated rings. The number of rotatable bonds is 5. The van der Waals surface area contributed by atoms with Crippen LogP contribution in [0.25, 0.3) is 0 Å². The molecule has 0 saturated carbocycles. The molecule has 1 N–H and O–H groups in total. The fraction of sp³-hybridized carbons (Fsp3) is 0.120. The summed E-state index contributed by atoms with van der Waals surface area (Å²) in [7, 11) is 0. The number of nitrogens with one attached hydrogen (secondary N) is 1. The summed E-state index contributed by atoms with van der Waals surface area (Å²) >= 11 is 0. The number of fused-ring (bicyclic) bond motifs is 1. The lowest BCUT2D eigenvalue weighted by Crippen LogP contribution is -2.30. The summed E-state index contributed by atoms with van der Waals surface area (Å²) < 4.78 is 18.0. The smallest absolute Gasteiger partial charge is 0.338 e. The Hall–Kier alpha value is -4.33. The predicted molar refractivity (Wildman–Crippen MR) is 119 cm³/mol. The third-order valence-electron chi connectivity index (χ3n) is 5.19.